The predicted molar refractivity (Wildman–Crippen MR) is 74.6 cm³/mol. The average Bonchev–Trinajstić information content (AvgIpc) is 2.98. The van der Waals surface area contributed by atoms with Crippen molar-refractivity contribution in [2.45, 2.75) is 44.7 Å². The molecule has 2 rings (SSSR count). The monoisotopic (exact) mass is 270 g/mol. The molecule has 1 aliphatic rings. The van der Waals surface area contributed by atoms with E-state index in [1.165, 1.54) is 12.8 Å². The van der Waals surface area contributed by atoms with Crippen molar-refractivity contribution in [1.29, 1.82) is 0 Å². The molecule has 1 saturated heterocycles. The minimum absolute atomic E-state index is 0.0477. The van der Waals surface area contributed by atoms with Crippen molar-refractivity contribution >= 4 is 11.6 Å². The van der Waals surface area contributed by atoms with Crippen molar-refractivity contribution in [1.82, 2.24) is 14.7 Å². The van der Waals surface area contributed by atoms with Crippen LogP contribution in [-0.4, -0.2) is 33.3 Å². The smallest absolute Gasteiger partial charge is 0.0834 e. The third kappa shape index (κ3) is 2.17. The van der Waals surface area contributed by atoms with Gasteiger partial charge < -0.3 is 5.73 Å². The van der Waals surface area contributed by atoms with E-state index in [4.69, 9.17) is 17.3 Å². The van der Waals surface area contributed by atoms with Gasteiger partial charge in [0.2, 0.25) is 0 Å². The largest absolute Gasteiger partial charge is 0.321 e. The first-order valence-corrected chi connectivity index (χ1v) is 7.06. The van der Waals surface area contributed by atoms with Crippen LogP contribution in [0.3, 0.4) is 0 Å². The maximum Gasteiger partial charge on any atom is 0.0834 e. The fraction of sp³-hybridized carbons (Fsp3) is 0.769. The minimum Gasteiger partial charge on any atom is -0.321 e. The molecule has 102 valence electrons. The molecule has 0 saturated carbocycles. The summed E-state index contributed by atoms with van der Waals surface area (Å²) in [7, 11) is 1.90. The van der Waals surface area contributed by atoms with E-state index < -0.39 is 0 Å². The summed E-state index contributed by atoms with van der Waals surface area (Å²) in [6.45, 7) is 6.70. The van der Waals surface area contributed by atoms with Gasteiger partial charge in [0.1, 0.15) is 0 Å². The number of nitrogens with zero attached hydrogens (tertiary/aromatic N) is 3. The zero-order valence-electron chi connectivity index (χ0n) is 11.5. The van der Waals surface area contributed by atoms with E-state index in [1.807, 2.05) is 7.05 Å². The molecule has 1 aromatic rings. The molecule has 0 aromatic carbocycles. The van der Waals surface area contributed by atoms with Crippen molar-refractivity contribution in [3.63, 3.8) is 0 Å². The molecule has 0 spiro atoms. The maximum atomic E-state index is 6.52. The Kier molecular flexibility index (Phi) is 3.99. The minimum atomic E-state index is -0.111. The molecule has 5 heteroatoms. The molecular formula is C13H23ClN4. The van der Waals surface area contributed by atoms with Gasteiger partial charge in [0.15, 0.2) is 0 Å². The Morgan fingerprint density at radius 2 is 2.11 bits per heavy atom. The van der Waals surface area contributed by atoms with Crippen LogP contribution in [0.25, 0.3) is 0 Å². The van der Waals surface area contributed by atoms with Gasteiger partial charge in [-0.3, -0.25) is 9.58 Å². The number of aromatic nitrogens is 2. The van der Waals surface area contributed by atoms with Crippen molar-refractivity contribution in [2.75, 3.05) is 13.1 Å². The number of hydrogen-bond acceptors (Lipinski definition) is 3. The van der Waals surface area contributed by atoms with Crippen LogP contribution < -0.4 is 5.73 Å². The Bertz CT molecular complexity index is 392. The molecule has 0 radical (unpaired) electrons. The van der Waals surface area contributed by atoms with Gasteiger partial charge in [0.25, 0.3) is 0 Å². The van der Waals surface area contributed by atoms with Crippen LogP contribution in [0, 0.1) is 0 Å². The normalized spacial score (nSPS) is 22.1. The maximum absolute atomic E-state index is 6.52. The molecule has 0 bridgehead atoms. The number of halogens is 1. The molecular weight excluding hydrogens is 248 g/mol. The zero-order chi connectivity index (χ0) is 13.3. The highest BCUT2D eigenvalue weighted by Gasteiger charge is 2.40. The van der Waals surface area contributed by atoms with Crippen LogP contribution in [0.1, 0.15) is 44.8 Å². The molecule has 2 N–H and O–H groups in total. The summed E-state index contributed by atoms with van der Waals surface area (Å²) in [5.74, 6) is 0. The van der Waals surface area contributed by atoms with Gasteiger partial charge in [-0.2, -0.15) is 5.10 Å². The second-order valence-electron chi connectivity index (χ2n) is 5.38. The third-order valence-electron chi connectivity index (χ3n) is 4.45. The highest BCUT2D eigenvalue weighted by Crippen LogP contribution is 2.36. The lowest BCUT2D eigenvalue weighted by molar-refractivity contribution is 0.0970. The molecule has 1 aliphatic heterocycles. The van der Waals surface area contributed by atoms with Gasteiger partial charge in [-0.15, -0.1) is 0 Å². The summed E-state index contributed by atoms with van der Waals surface area (Å²) in [6, 6.07) is -0.111. The first-order valence-electron chi connectivity index (χ1n) is 6.68. The number of hydrogen-bond donors (Lipinski definition) is 1. The van der Waals surface area contributed by atoms with Crippen LogP contribution in [0.2, 0.25) is 5.02 Å². The van der Waals surface area contributed by atoms with Crippen LogP contribution in [0.5, 0.6) is 0 Å². The zero-order valence-corrected chi connectivity index (χ0v) is 12.2. The van der Waals surface area contributed by atoms with E-state index >= 15 is 0 Å². The molecule has 1 aromatic heterocycles. The second-order valence-corrected chi connectivity index (χ2v) is 5.79. The molecule has 0 aliphatic carbocycles. The molecule has 2 heterocycles. The van der Waals surface area contributed by atoms with Crippen LogP contribution in [0.4, 0.5) is 0 Å². The van der Waals surface area contributed by atoms with Gasteiger partial charge in [0.05, 0.1) is 23.0 Å². The molecule has 18 heavy (non-hydrogen) atoms. The van der Waals surface area contributed by atoms with Crippen LogP contribution >= 0.6 is 11.6 Å². The lowest BCUT2D eigenvalue weighted by atomic mass is 9.86. The van der Waals surface area contributed by atoms with E-state index in [2.05, 4.69) is 23.8 Å². The molecule has 2 atom stereocenters. The number of rotatable bonds is 4. The van der Waals surface area contributed by atoms with Crippen molar-refractivity contribution in [3.05, 3.63) is 16.9 Å². The van der Waals surface area contributed by atoms with E-state index in [-0.39, 0.29) is 11.6 Å². The molecule has 0 amide bonds. The Morgan fingerprint density at radius 1 is 1.50 bits per heavy atom. The SMILES string of the molecule is CCC(C)(C(N)c1c(Cl)cnn1C)N1CCCC1. The first-order chi connectivity index (χ1) is 8.50. The molecule has 4 nitrogen and oxygen atoms in total. The van der Waals surface area contributed by atoms with Gasteiger partial charge >= 0.3 is 0 Å². The Labute approximate surface area is 114 Å². The van der Waals surface area contributed by atoms with Gasteiger partial charge in [-0.1, -0.05) is 18.5 Å². The van der Waals surface area contributed by atoms with Crippen LogP contribution in [-0.2, 0) is 7.05 Å². The highest BCUT2D eigenvalue weighted by molar-refractivity contribution is 6.31. The topological polar surface area (TPSA) is 47.1 Å². The lowest BCUT2D eigenvalue weighted by Gasteiger charge is -2.43. The first kappa shape index (κ1) is 13.8. The summed E-state index contributed by atoms with van der Waals surface area (Å²) < 4.78 is 1.80. The van der Waals surface area contributed by atoms with Crippen molar-refractivity contribution < 1.29 is 0 Å². The standard InChI is InChI=1S/C13H23ClN4/c1-4-13(2,18-7-5-6-8-18)12(15)11-10(14)9-16-17(11)3/h9,12H,4-8,15H2,1-3H3. The summed E-state index contributed by atoms with van der Waals surface area (Å²) >= 11 is 6.23. The Morgan fingerprint density at radius 3 is 2.56 bits per heavy atom. The number of aryl methyl sites for hydroxylation is 1. The summed E-state index contributed by atoms with van der Waals surface area (Å²) in [6.07, 6.45) is 5.22. The van der Waals surface area contributed by atoms with E-state index in [1.54, 1.807) is 10.9 Å². The van der Waals surface area contributed by atoms with Gasteiger partial charge in [0, 0.05) is 12.6 Å². The van der Waals surface area contributed by atoms with Crippen molar-refractivity contribution in [3.8, 4) is 0 Å². The predicted octanol–water partition coefficient (Wildman–Crippen LogP) is 2.34. The van der Waals surface area contributed by atoms with E-state index in [9.17, 15) is 0 Å². The summed E-state index contributed by atoms with van der Waals surface area (Å²) in [5.41, 5.74) is 7.41. The average molecular weight is 271 g/mol. The Balaban J connectivity index is 2.32. The molecule has 2 unspecified atom stereocenters. The second kappa shape index (κ2) is 5.19. The fourth-order valence-corrected chi connectivity index (χ4v) is 3.22. The summed E-state index contributed by atoms with van der Waals surface area (Å²) in [5, 5.41) is 4.87. The quantitative estimate of drug-likeness (QED) is 0.914. The number of likely N-dealkylation sites (tertiary alicyclic amines) is 1. The van der Waals surface area contributed by atoms with Crippen molar-refractivity contribution in [2.24, 2.45) is 12.8 Å². The summed E-state index contributed by atoms with van der Waals surface area (Å²) in [4.78, 5) is 2.50. The highest BCUT2D eigenvalue weighted by atomic mass is 35.5. The van der Waals surface area contributed by atoms with Gasteiger partial charge in [-0.25, -0.2) is 0 Å². The van der Waals surface area contributed by atoms with E-state index in [0.29, 0.717) is 5.02 Å². The van der Waals surface area contributed by atoms with Crippen LogP contribution in [0.15, 0.2) is 6.20 Å². The lowest BCUT2D eigenvalue weighted by Crippen LogP contribution is -2.52. The van der Waals surface area contributed by atoms with Gasteiger partial charge in [-0.05, 0) is 39.3 Å². The number of nitrogens with two attached hydrogens (primary N) is 1. The fourth-order valence-electron chi connectivity index (χ4n) is 2.93. The Hall–Kier alpha value is -0.580. The van der Waals surface area contributed by atoms with E-state index in [0.717, 1.165) is 25.2 Å². The molecule has 1 fully saturated rings. The third-order valence-corrected chi connectivity index (χ3v) is 4.74.